The van der Waals surface area contributed by atoms with Crippen LogP contribution in [0.1, 0.15) is 18.1 Å². The Morgan fingerprint density at radius 3 is 3.00 bits per heavy atom. The van der Waals surface area contributed by atoms with Gasteiger partial charge < -0.3 is 9.47 Å². The zero-order chi connectivity index (χ0) is 11.5. The molecule has 2 rings (SSSR count). The van der Waals surface area contributed by atoms with E-state index in [4.69, 9.17) is 14.7 Å². The number of rotatable bonds is 2. The molecule has 1 aliphatic heterocycles. The largest absolute Gasteiger partial charge is 0.496 e. The van der Waals surface area contributed by atoms with Crippen LogP contribution in [0, 0.1) is 17.2 Å². The Morgan fingerprint density at radius 1 is 1.56 bits per heavy atom. The van der Waals surface area contributed by atoms with Gasteiger partial charge in [-0.25, -0.2) is 0 Å². The van der Waals surface area contributed by atoms with E-state index >= 15 is 0 Å². The molecule has 84 valence electrons. The zero-order valence-corrected chi connectivity index (χ0v) is 10.5. The molecule has 2 unspecified atom stereocenters. The molecular formula is C12H12BrNO2. The lowest BCUT2D eigenvalue weighted by atomic mass is 9.97. The Labute approximate surface area is 103 Å². The van der Waals surface area contributed by atoms with Gasteiger partial charge in [0.2, 0.25) is 0 Å². The van der Waals surface area contributed by atoms with Gasteiger partial charge in [-0.2, -0.15) is 5.26 Å². The van der Waals surface area contributed by atoms with E-state index in [1.807, 2.05) is 18.2 Å². The van der Waals surface area contributed by atoms with E-state index in [1.54, 1.807) is 7.11 Å². The second-order valence-electron chi connectivity index (χ2n) is 3.71. The van der Waals surface area contributed by atoms with Gasteiger partial charge in [-0.3, -0.25) is 0 Å². The lowest BCUT2D eigenvalue weighted by Crippen LogP contribution is -2.05. The Bertz CT molecular complexity index is 428. The minimum Gasteiger partial charge on any atom is -0.496 e. The third kappa shape index (κ3) is 2.06. The minimum atomic E-state index is -0.104. The first kappa shape index (κ1) is 11.4. The third-order valence-electron chi connectivity index (χ3n) is 2.76. The number of nitrogens with zero attached hydrogens (tertiary/aromatic N) is 1. The summed E-state index contributed by atoms with van der Waals surface area (Å²) in [6.07, 6.45) is 0.706. The smallest absolute Gasteiger partial charge is 0.133 e. The molecule has 0 amide bonds. The van der Waals surface area contributed by atoms with Crippen molar-refractivity contribution >= 4 is 15.9 Å². The molecule has 2 atom stereocenters. The van der Waals surface area contributed by atoms with Crippen molar-refractivity contribution in [2.75, 3.05) is 13.7 Å². The number of methoxy groups -OCH3 is 1. The molecule has 16 heavy (non-hydrogen) atoms. The number of hydrogen-bond donors (Lipinski definition) is 0. The minimum absolute atomic E-state index is 0.0414. The van der Waals surface area contributed by atoms with Crippen molar-refractivity contribution in [1.29, 1.82) is 5.26 Å². The Kier molecular flexibility index (Phi) is 3.47. The van der Waals surface area contributed by atoms with Crippen molar-refractivity contribution in [2.24, 2.45) is 5.92 Å². The lowest BCUT2D eigenvalue weighted by molar-refractivity contribution is 0.101. The van der Waals surface area contributed by atoms with Gasteiger partial charge in [0.1, 0.15) is 5.75 Å². The van der Waals surface area contributed by atoms with Gasteiger partial charge in [-0.05, 0) is 40.0 Å². The Hall–Kier alpha value is -1.05. The van der Waals surface area contributed by atoms with Crippen LogP contribution in [0.5, 0.6) is 5.75 Å². The van der Waals surface area contributed by atoms with E-state index in [9.17, 15) is 0 Å². The van der Waals surface area contributed by atoms with E-state index in [0.717, 1.165) is 22.2 Å². The van der Waals surface area contributed by atoms with Gasteiger partial charge in [0.25, 0.3) is 0 Å². The molecule has 0 N–H and O–H groups in total. The monoisotopic (exact) mass is 281 g/mol. The summed E-state index contributed by atoms with van der Waals surface area (Å²) in [5.74, 6) is 0.746. The van der Waals surface area contributed by atoms with Crippen molar-refractivity contribution in [1.82, 2.24) is 0 Å². The van der Waals surface area contributed by atoms with E-state index in [1.165, 1.54) is 0 Å². The van der Waals surface area contributed by atoms with Crippen LogP contribution in [-0.4, -0.2) is 13.7 Å². The zero-order valence-electron chi connectivity index (χ0n) is 8.94. The maximum Gasteiger partial charge on any atom is 0.133 e. The van der Waals surface area contributed by atoms with Crippen LogP contribution >= 0.6 is 15.9 Å². The van der Waals surface area contributed by atoms with Crippen molar-refractivity contribution in [2.45, 2.75) is 12.5 Å². The Balaban J connectivity index is 2.28. The molecule has 1 aromatic carbocycles. The van der Waals surface area contributed by atoms with Gasteiger partial charge in [0.15, 0.2) is 0 Å². The molecule has 4 heteroatoms. The van der Waals surface area contributed by atoms with Crippen molar-refractivity contribution in [3.63, 3.8) is 0 Å². The van der Waals surface area contributed by atoms with Gasteiger partial charge >= 0.3 is 0 Å². The fourth-order valence-electron chi connectivity index (χ4n) is 1.91. The van der Waals surface area contributed by atoms with Gasteiger partial charge in [0.05, 0.1) is 29.7 Å². The maximum absolute atomic E-state index is 9.00. The molecule has 3 nitrogen and oxygen atoms in total. The SMILES string of the molecule is COc1ccc(C2OCCC2C#N)cc1Br. The third-order valence-corrected chi connectivity index (χ3v) is 3.38. The van der Waals surface area contributed by atoms with Gasteiger partial charge in [0, 0.05) is 6.61 Å². The van der Waals surface area contributed by atoms with Crippen molar-refractivity contribution in [3.8, 4) is 11.8 Å². The molecule has 0 radical (unpaired) electrons. The standard InChI is InChI=1S/C12H12BrNO2/c1-15-11-3-2-8(6-10(11)13)12-9(7-14)4-5-16-12/h2-3,6,9,12H,4-5H2,1H3. The molecule has 1 aliphatic rings. The quantitative estimate of drug-likeness (QED) is 0.837. The second-order valence-corrected chi connectivity index (χ2v) is 4.56. The van der Waals surface area contributed by atoms with Crippen LogP contribution in [-0.2, 0) is 4.74 Å². The highest BCUT2D eigenvalue weighted by molar-refractivity contribution is 9.10. The summed E-state index contributed by atoms with van der Waals surface area (Å²) in [7, 11) is 1.63. The summed E-state index contributed by atoms with van der Waals surface area (Å²) in [5, 5.41) is 9.00. The first-order valence-corrected chi connectivity index (χ1v) is 5.90. The van der Waals surface area contributed by atoms with E-state index < -0.39 is 0 Å². The highest BCUT2D eigenvalue weighted by atomic mass is 79.9. The van der Waals surface area contributed by atoms with Crippen LogP contribution in [0.3, 0.4) is 0 Å². The molecule has 0 aromatic heterocycles. The summed E-state index contributed by atoms with van der Waals surface area (Å²) >= 11 is 3.43. The molecular weight excluding hydrogens is 270 g/mol. The van der Waals surface area contributed by atoms with E-state index in [2.05, 4.69) is 22.0 Å². The van der Waals surface area contributed by atoms with Crippen LogP contribution in [0.4, 0.5) is 0 Å². The molecule has 0 aliphatic carbocycles. The lowest BCUT2D eigenvalue weighted by Gasteiger charge is -2.14. The summed E-state index contributed by atoms with van der Waals surface area (Å²) in [5.41, 5.74) is 1.02. The number of nitriles is 1. The number of benzene rings is 1. The molecule has 0 bridgehead atoms. The maximum atomic E-state index is 9.00. The average molecular weight is 282 g/mol. The Morgan fingerprint density at radius 2 is 2.38 bits per heavy atom. The first-order valence-electron chi connectivity index (χ1n) is 5.11. The molecule has 1 saturated heterocycles. The normalized spacial score (nSPS) is 24.1. The molecule has 1 heterocycles. The highest BCUT2D eigenvalue weighted by Gasteiger charge is 2.29. The van der Waals surface area contributed by atoms with Crippen LogP contribution in [0.25, 0.3) is 0 Å². The molecule has 0 saturated carbocycles. The summed E-state index contributed by atoms with van der Waals surface area (Å²) in [6.45, 7) is 0.659. The average Bonchev–Trinajstić information content (AvgIpc) is 2.77. The number of ether oxygens (including phenoxy) is 2. The molecule has 1 aromatic rings. The second kappa shape index (κ2) is 4.86. The predicted octanol–water partition coefficient (Wildman–Crippen LogP) is 3.06. The number of hydrogen-bond acceptors (Lipinski definition) is 3. The summed E-state index contributed by atoms with van der Waals surface area (Å²) < 4.78 is 11.6. The predicted molar refractivity (Wildman–Crippen MR) is 63.1 cm³/mol. The van der Waals surface area contributed by atoms with E-state index in [-0.39, 0.29) is 12.0 Å². The fourth-order valence-corrected chi connectivity index (χ4v) is 2.47. The van der Waals surface area contributed by atoms with Crippen molar-refractivity contribution < 1.29 is 9.47 Å². The van der Waals surface area contributed by atoms with Crippen LogP contribution in [0.15, 0.2) is 22.7 Å². The van der Waals surface area contributed by atoms with Crippen molar-refractivity contribution in [3.05, 3.63) is 28.2 Å². The molecule has 0 spiro atoms. The first-order chi connectivity index (χ1) is 7.76. The highest BCUT2D eigenvalue weighted by Crippen LogP contribution is 2.37. The van der Waals surface area contributed by atoms with Gasteiger partial charge in [-0.1, -0.05) is 6.07 Å². The van der Waals surface area contributed by atoms with Crippen LogP contribution < -0.4 is 4.74 Å². The molecule has 1 fully saturated rings. The summed E-state index contributed by atoms with van der Waals surface area (Å²) in [4.78, 5) is 0. The topological polar surface area (TPSA) is 42.2 Å². The summed E-state index contributed by atoms with van der Waals surface area (Å²) in [6, 6.07) is 8.08. The van der Waals surface area contributed by atoms with Crippen LogP contribution in [0.2, 0.25) is 0 Å². The number of halogens is 1. The van der Waals surface area contributed by atoms with E-state index in [0.29, 0.717) is 6.61 Å². The fraction of sp³-hybridized carbons (Fsp3) is 0.417. The van der Waals surface area contributed by atoms with Gasteiger partial charge in [-0.15, -0.1) is 0 Å².